The predicted octanol–water partition coefficient (Wildman–Crippen LogP) is 2.34. The lowest BCUT2D eigenvalue weighted by Gasteiger charge is -2.05. The molecule has 0 heterocycles. The van der Waals surface area contributed by atoms with Crippen LogP contribution in [0.25, 0.3) is 6.08 Å². The zero-order valence-electron chi connectivity index (χ0n) is 14.3. The lowest BCUT2D eigenvalue weighted by Crippen LogP contribution is -2.33. The second-order valence-corrected chi connectivity index (χ2v) is 5.58. The van der Waals surface area contributed by atoms with Gasteiger partial charge in [-0.05, 0) is 36.1 Å². The average Bonchev–Trinajstić information content (AvgIpc) is 2.67. The molecule has 0 fully saturated rings. The Morgan fingerprint density at radius 1 is 0.962 bits per heavy atom. The van der Waals surface area contributed by atoms with E-state index in [0.717, 1.165) is 5.56 Å². The van der Waals surface area contributed by atoms with Gasteiger partial charge in [0, 0.05) is 13.1 Å². The molecule has 1 aromatic rings. The molecular formula is C18H22N6S2. The summed E-state index contributed by atoms with van der Waals surface area (Å²) in [5, 5.41) is 14.9. The van der Waals surface area contributed by atoms with Crippen LogP contribution in [-0.2, 0) is 0 Å². The summed E-state index contributed by atoms with van der Waals surface area (Å²) < 4.78 is 0. The fourth-order valence-corrected chi connectivity index (χ4v) is 1.80. The SMILES string of the molecule is C=CCNC(=S)NN=CC(C=Cc1ccccc1)=NNC(=S)NCC=C. The van der Waals surface area contributed by atoms with E-state index >= 15 is 0 Å². The van der Waals surface area contributed by atoms with Gasteiger partial charge in [-0.1, -0.05) is 48.6 Å². The summed E-state index contributed by atoms with van der Waals surface area (Å²) in [6, 6.07) is 9.86. The van der Waals surface area contributed by atoms with Crippen LogP contribution < -0.4 is 21.5 Å². The minimum Gasteiger partial charge on any atom is -0.358 e. The zero-order valence-corrected chi connectivity index (χ0v) is 15.9. The van der Waals surface area contributed by atoms with E-state index in [1.165, 1.54) is 6.21 Å². The van der Waals surface area contributed by atoms with E-state index in [4.69, 9.17) is 24.4 Å². The molecule has 0 radical (unpaired) electrons. The number of allylic oxidation sites excluding steroid dienone is 1. The minimum atomic E-state index is 0.389. The van der Waals surface area contributed by atoms with Crippen molar-refractivity contribution in [2.75, 3.05) is 13.1 Å². The minimum absolute atomic E-state index is 0.389. The van der Waals surface area contributed by atoms with E-state index < -0.39 is 0 Å². The summed E-state index contributed by atoms with van der Waals surface area (Å²) in [6.07, 6.45) is 8.67. The van der Waals surface area contributed by atoms with Gasteiger partial charge in [-0.3, -0.25) is 10.9 Å². The Hall–Kier alpha value is -2.84. The number of hydrazone groups is 2. The van der Waals surface area contributed by atoms with Crippen molar-refractivity contribution >= 4 is 52.7 Å². The highest BCUT2D eigenvalue weighted by molar-refractivity contribution is 7.80. The summed E-state index contributed by atoms with van der Waals surface area (Å²) in [6.45, 7) is 8.33. The molecule has 6 nitrogen and oxygen atoms in total. The van der Waals surface area contributed by atoms with Crippen LogP contribution in [0.3, 0.4) is 0 Å². The van der Waals surface area contributed by atoms with Gasteiger partial charge in [0.15, 0.2) is 10.2 Å². The molecule has 0 saturated heterocycles. The third-order valence-corrected chi connectivity index (χ3v) is 3.18. The van der Waals surface area contributed by atoms with E-state index in [-0.39, 0.29) is 0 Å². The Morgan fingerprint density at radius 2 is 1.58 bits per heavy atom. The van der Waals surface area contributed by atoms with Crippen LogP contribution in [0.5, 0.6) is 0 Å². The van der Waals surface area contributed by atoms with Gasteiger partial charge >= 0.3 is 0 Å². The van der Waals surface area contributed by atoms with Gasteiger partial charge in [0.1, 0.15) is 5.71 Å². The van der Waals surface area contributed by atoms with E-state index in [9.17, 15) is 0 Å². The smallest absolute Gasteiger partial charge is 0.187 e. The van der Waals surface area contributed by atoms with Crippen molar-refractivity contribution in [3.05, 3.63) is 67.3 Å². The number of thiocarbonyl (C=S) groups is 2. The van der Waals surface area contributed by atoms with E-state index in [0.29, 0.717) is 29.0 Å². The summed E-state index contributed by atoms with van der Waals surface area (Å²) in [7, 11) is 0. The van der Waals surface area contributed by atoms with E-state index in [1.54, 1.807) is 12.2 Å². The lowest BCUT2D eigenvalue weighted by atomic mass is 10.2. The summed E-state index contributed by atoms with van der Waals surface area (Å²) >= 11 is 10.2. The monoisotopic (exact) mass is 386 g/mol. The number of rotatable bonds is 9. The molecule has 0 bridgehead atoms. The Morgan fingerprint density at radius 3 is 2.19 bits per heavy atom. The molecule has 0 saturated carbocycles. The molecule has 8 heteroatoms. The molecule has 26 heavy (non-hydrogen) atoms. The largest absolute Gasteiger partial charge is 0.358 e. The first-order valence-corrected chi connectivity index (χ1v) is 8.60. The van der Waals surface area contributed by atoms with Gasteiger partial charge in [-0.15, -0.1) is 13.2 Å². The quantitative estimate of drug-likeness (QED) is 0.226. The fraction of sp³-hybridized carbons (Fsp3) is 0.111. The fourth-order valence-electron chi connectivity index (χ4n) is 1.54. The van der Waals surface area contributed by atoms with Crippen LogP contribution in [-0.4, -0.2) is 35.2 Å². The highest BCUT2D eigenvalue weighted by atomic mass is 32.1. The van der Waals surface area contributed by atoms with Crippen LogP contribution in [0.15, 0.2) is 71.9 Å². The Kier molecular flexibility index (Phi) is 11.0. The zero-order chi connectivity index (χ0) is 19.0. The van der Waals surface area contributed by atoms with Crippen molar-refractivity contribution in [3.63, 3.8) is 0 Å². The first-order valence-electron chi connectivity index (χ1n) is 7.79. The van der Waals surface area contributed by atoms with Crippen molar-refractivity contribution in [1.29, 1.82) is 0 Å². The maximum absolute atomic E-state index is 5.12. The Balaban J connectivity index is 2.75. The van der Waals surface area contributed by atoms with Gasteiger partial charge in [0.2, 0.25) is 0 Å². The molecular weight excluding hydrogens is 364 g/mol. The van der Waals surface area contributed by atoms with Gasteiger partial charge in [0.25, 0.3) is 0 Å². The van der Waals surface area contributed by atoms with E-state index in [1.807, 2.05) is 42.5 Å². The Labute approximate surface area is 164 Å². The molecule has 136 valence electrons. The van der Waals surface area contributed by atoms with Crippen molar-refractivity contribution < 1.29 is 0 Å². The van der Waals surface area contributed by atoms with Crippen molar-refractivity contribution in [2.24, 2.45) is 10.2 Å². The lowest BCUT2D eigenvalue weighted by molar-refractivity contribution is 0.935. The molecule has 0 atom stereocenters. The van der Waals surface area contributed by atoms with Gasteiger partial charge in [-0.25, -0.2) is 0 Å². The molecule has 0 aromatic heterocycles. The van der Waals surface area contributed by atoms with Crippen LogP contribution in [0.2, 0.25) is 0 Å². The third-order valence-electron chi connectivity index (χ3n) is 2.71. The number of hydrogen-bond donors (Lipinski definition) is 4. The second kappa shape index (κ2) is 13.5. The van der Waals surface area contributed by atoms with Crippen molar-refractivity contribution in [2.45, 2.75) is 0 Å². The summed E-state index contributed by atoms with van der Waals surface area (Å²) in [4.78, 5) is 0. The van der Waals surface area contributed by atoms with Crippen molar-refractivity contribution in [3.8, 4) is 0 Å². The molecule has 4 N–H and O–H groups in total. The standard InChI is InChI=1S/C18H22N6S2/c1-3-12-19-17(25)23-21-14-16(22-24-18(26)20-13-4-2)11-10-15-8-6-5-7-9-15/h3-11,14H,1-2,12-13H2,(H2,19,23,25)(H2,20,24,26). The van der Waals surface area contributed by atoms with Gasteiger partial charge < -0.3 is 10.6 Å². The molecule has 0 aliphatic heterocycles. The topological polar surface area (TPSA) is 72.8 Å². The third kappa shape index (κ3) is 10.1. The van der Waals surface area contributed by atoms with E-state index in [2.05, 4.69) is 44.8 Å². The molecule has 0 spiro atoms. The Bertz CT molecular complexity index is 695. The van der Waals surface area contributed by atoms with Crippen molar-refractivity contribution in [1.82, 2.24) is 21.5 Å². The van der Waals surface area contributed by atoms with Crippen LogP contribution >= 0.6 is 24.4 Å². The van der Waals surface area contributed by atoms with Crippen LogP contribution in [0, 0.1) is 0 Å². The summed E-state index contributed by atoms with van der Waals surface area (Å²) in [5.74, 6) is 0. The number of nitrogens with one attached hydrogen (secondary N) is 4. The molecule has 0 aliphatic carbocycles. The second-order valence-electron chi connectivity index (χ2n) is 4.76. The van der Waals surface area contributed by atoms with Crippen LogP contribution in [0.4, 0.5) is 0 Å². The maximum Gasteiger partial charge on any atom is 0.187 e. The molecule has 0 unspecified atom stereocenters. The van der Waals surface area contributed by atoms with Gasteiger partial charge in [-0.2, -0.15) is 10.2 Å². The molecule has 0 aliphatic rings. The van der Waals surface area contributed by atoms with Gasteiger partial charge in [0.05, 0.1) is 6.21 Å². The highest BCUT2D eigenvalue weighted by Crippen LogP contribution is 2.00. The molecule has 1 rings (SSSR count). The first kappa shape index (κ1) is 21.2. The molecule has 0 amide bonds. The normalized spacial score (nSPS) is 11.2. The maximum atomic E-state index is 5.12. The van der Waals surface area contributed by atoms with Crippen LogP contribution in [0.1, 0.15) is 5.56 Å². The number of hydrogen-bond acceptors (Lipinski definition) is 4. The predicted molar refractivity (Wildman–Crippen MR) is 119 cm³/mol. The first-order chi connectivity index (χ1) is 12.7. The molecule has 1 aromatic carbocycles. The highest BCUT2D eigenvalue weighted by Gasteiger charge is 1.95. The number of nitrogens with zero attached hydrogens (tertiary/aromatic N) is 2. The number of benzene rings is 1. The summed E-state index contributed by atoms with van der Waals surface area (Å²) in [5.41, 5.74) is 7.05. The average molecular weight is 387 g/mol.